The predicted octanol–water partition coefficient (Wildman–Crippen LogP) is 4.20. The van der Waals surface area contributed by atoms with Gasteiger partial charge in [-0.25, -0.2) is 13.2 Å². The summed E-state index contributed by atoms with van der Waals surface area (Å²) in [7, 11) is -3.82. The molecule has 1 aromatic carbocycles. The minimum atomic E-state index is -3.82. The lowest BCUT2D eigenvalue weighted by molar-refractivity contribution is 0.0693. The van der Waals surface area contributed by atoms with Crippen molar-refractivity contribution in [3.8, 4) is 5.75 Å². The number of phenols is 1. The molecule has 0 saturated carbocycles. The summed E-state index contributed by atoms with van der Waals surface area (Å²) in [4.78, 5) is 10.7. The molecule has 0 atom stereocenters. The third-order valence-electron chi connectivity index (χ3n) is 2.69. The van der Waals surface area contributed by atoms with Gasteiger partial charge in [-0.1, -0.05) is 29.3 Å². The first-order valence-corrected chi connectivity index (χ1v) is 9.56. The van der Waals surface area contributed by atoms with E-state index >= 15 is 0 Å². The van der Waals surface area contributed by atoms with Crippen LogP contribution in [-0.4, -0.2) is 24.6 Å². The number of rotatable bonds is 4. The molecule has 0 radical (unpaired) electrons. The highest BCUT2D eigenvalue weighted by atomic mass is 79.9. The summed E-state index contributed by atoms with van der Waals surface area (Å²) in [5.41, 5.74) is -0.0771. The maximum absolute atomic E-state index is 12.4. The molecule has 2 aromatic rings. The SMILES string of the molecule is O=C(O)c1ccc(CS(=O)(=O)c2c(Cl)sc(Cl)c2Br)cc1O. The van der Waals surface area contributed by atoms with Gasteiger partial charge in [0.1, 0.15) is 24.9 Å². The number of carbonyl (C=O) groups is 1. The van der Waals surface area contributed by atoms with Crippen molar-refractivity contribution in [3.63, 3.8) is 0 Å². The van der Waals surface area contributed by atoms with Gasteiger partial charge in [0.2, 0.25) is 0 Å². The summed E-state index contributed by atoms with van der Waals surface area (Å²) in [5.74, 6) is -2.26. The number of aromatic carboxylic acids is 1. The Balaban J connectivity index is 2.41. The standard InChI is InChI=1S/C12H7BrCl2O5S2/c13-8-9(11(15)21-10(8)14)22(19,20)4-5-1-2-6(12(17)18)7(16)3-5/h1-3,16H,4H2,(H,17,18). The van der Waals surface area contributed by atoms with E-state index in [-0.39, 0.29) is 29.2 Å². The van der Waals surface area contributed by atoms with Gasteiger partial charge in [0.05, 0.1) is 10.2 Å². The first kappa shape index (κ1) is 17.6. The van der Waals surface area contributed by atoms with Gasteiger partial charge in [-0.05, 0) is 33.6 Å². The zero-order valence-electron chi connectivity index (χ0n) is 10.5. The molecule has 0 bridgehead atoms. The molecule has 0 aliphatic carbocycles. The molecule has 1 heterocycles. The number of halogens is 3. The monoisotopic (exact) mass is 444 g/mol. The van der Waals surface area contributed by atoms with Crippen LogP contribution in [0.1, 0.15) is 15.9 Å². The van der Waals surface area contributed by atoms with Gasteiger partial charge in [-0.3, -0.25) is 0 Å². The third-order valence-corrected chi connectivity index (χ3v) is 7.83. The lowest BCUT2D eigenvalue weighted by atomic mass is 10.1. The first-order valence-electron chi connectivity index (χ1n) is 5.54. The van der Waals surface area contributed by atoms with E-state index in [9.17, 15) is 18.3 Å². The average Bonchev–Trinajstić information content (AvgIpc) is 2.62. The van der Waals surface area contributed by atoms with Crippen LogP contribution in [0, 0.1) is 0 Å². The number of carboxylic acids is 1. The highest BCUT2D eigenvalue weighted by Crippen LogP contribution is 2.44. The zero-order chi connectivity index (χ0) is 16.7. The number of hydrogen-bond acceptors (Lipinski definition) is 5. The van der Waals surface area contributed by atoms with Crippen LogP contribution in [-0.2, 0) is 15.6 Å². The van der Waals surface area contributed by atoms with Crippen LogP contribution in [0.3, 0.4) is 0 Å². The van der Waals surface area contributed by atoms with Crippen molar-refractivity contribution in [1.29, 1.82) is 0 Å². The van der Waals surface area contributed by atoms with Gasteiger partial charge in [0, 0.05) is 0 Å². The Kier molecular flexibility index (Phi) is 5.08. The molecule has 0 amide bonds. The Labute approximate surface area is 148 Å². The van der Waals surface area contributed by atoms with Gasteiger partial charge in [-0.15, -0.1) is 11.3 Å². The molecule has 118 valence electrons. The normalized spacial score (nSPS) is 11.6. The number of hydrogen-bond donors (Lipinski definition) is 2. The van der Waals surface area contributed by atoms with E-state index in [4.69, 9.17) is 28.3 Å². The number of aromatic hydroxyl groups is 1. The van der Waals surface area contributed by atoms with E-state index in [0.29, 0.717) is 0 Å². The van der Waals surface area contributed by atoms with Gasteiger partial charge in [-0.2, -0.15) is 0 Å². The van der Waals surface area contributed by atoms with E-state index in [2.05, 4.69) is 15.9 Å². The molecule has 0 spiro atoms. The Morgan fingerprint density at radius 1 is 1.27 bits per heavy atom. The van der Waals surface area contributed by atoms with Crippen molar-refractivity contribution >= 4 is 66.3 Å². The van der Waals surface area contributed by atoms with Crippen LogP contribution in [0.15, 0.2) is 27.6 Å². The van der Waals surface area contributed by atoms with E-state index < -0.39 is 27.3 Å². The number of benzene rings is 1. The summed E-state index contributed by atoms with van der Waals surface area (Å²) in [5, 5.41) is 18.4. The molecular formula is C12H7BrCl2O5S2. The first-order chi connectivity index (χ1) is 10.1. The van der Waals surface area contributed by atoms with E-state index in [1.54, 1.807) is 0 Å². The van der Waals surface area contributed by atoms with E-state index in [1.807, 2.05) is 0 Å². The fourth-order valence-corrected chi connectivity index (χ4v) is 6.85. The van der Waals surface area contributed by atoms with Crippen molar-refractivity contribution in [3.05, 3.63) is 42.5 Å². The van der Waals surface area contributed by atoms with Crippen LogP contribution < -0.4 is 0 Å². The molecule has 2 N–H and O–H groups in total. The Bertz CT molecular complexity index is 861. The second-order valence-electron chi connectivity index (χ2n) is 4.21. The topological polar surface area (TPSA) is 91.7 Å². The van der Waals surface area contributed by atoms with Crippen LogP contribution >= 0.6 is 50.5 Å². The second-order valence-corrected chi connectivity index (χ2v) is 9.15. The summed E-state index contributed by atoms with van der Waals surface area (Å²) < 4.78 is 25.3. The maximum Gasteiger partial charge on any atom is 0.339 e. The lowest BCUT2D eigenvalue weighted by Crippen LogP contribution is -2.06. The summed E-state index contributed by atoms with van der Waals surface area (Å²) in [6.07, 6.45) is 0. The molecular weight excluding hydrogens is 439 g/mol. The molecule has 22 heavy (non-hydrogen) atoms. The van der Waals surface area contributed by atoms with Gasteiger partial charge >= 0.3 is 5.97 Å². The molecule has 0 aliphatic heterocycles. The smallest absolute Gasteiger partial charge is 0.339 e. The van der Waals surface area contributed by atoms with Gasteiger partial charge < -0.3 is 10.2 Å². The quantitative estimate of drug-likeness (QED) is 0.735. The minimum absolute atomic E-state index is 0.0308. The maximum atomic E-state index is 12.4. The molecule has 0 fully saturated rings. The van der Waals surface area contributed by atoms with Crippen molar-refractivity contribution in [2.75, 3.05) is 0 Å². The zero-order valence-corrected chi connectivity index (χ0v) is 15.2. The molecule has 10 heteroatoms. The second kappa shape index (κ2) is 6.37. The van der Waals surface area contributed by atoms with E-state index in [0.717, 1.165) is 23.5 Å². The van der Waals surface area contributed by atoms with Crippen molar-refractivity contribution in [2.24, 2.45) is 0 Å². The Morgan fingerprint density at radius 3 is 2.36 bits per heavy atom. The lowest BCUT2D eigenvalue weighted by Gasteiger charge is -2.06. The van der Waals surface area contributed by atoms with Crippen molar-refractivity contribution < 1.29 is 23.4 Å². The fourth-order valence-electron chi connectivity index (χ4n) is 1.74. The van der Waals surface area contributed by atoms with Crippen LogP contribution in [0.4, 0.5) is 0 Å². The number of thiophene rings is 1. The molecule has 0 unspecified atom stereocenters. The molecule has 1 aromatic heterocycles. The summed E-state index contributed by atoms with van der Waals surface area (Å²) in [6, 6.07) is 3.55. The highest BCUT2D eigenvalue weighted by molar-refractivity contribution is 9.10. The van der Waals surface area contributed by atoms with Crippen LogP contribution in [0.25, 0.3) is 0 Å². The highest BCUT2D eigenvalue weighted by Gasteiger charge is 2.27. The fraction of sp³-hybridized carbons (Fsp3) is 0.0833. The van der Waals surface area contributed by atoms with Crippen molar-refractivity contribution in [2.45, 2.75) is 10.6 Å². The summed E-state index contributed by atoms with van der Waals surface area (Å²) in [6.45, 7) is 0. The number of carboxylic acid groups (broad SMARTS) is 1. The Morgan fingerprint density at radius 2 is 1.91 bits per heavy atom. The van der Waals surface area contributed by atoms with Crippen LogP contribution in [0.5, 0.6) is 5.75 Å². The summed E-state index contributed by atoms with van der Waals surface area (Å²) >= 11 is 15.7. The third kappa shape index (κ3) is 3.41. The molecule has 0 saturated heterocycles. The van der Waals surface area contributed by atoms with Gasteiger partial charge in [0.15, 0.2) is 9.84 Å². The molecule has 5 nitrogen and oxygen atoms in total. The predicted molar refractivity (Wildman–Crippen MR) is 88.0 cm³/mol. The average molecular weight is 446 g/mol. The van der Waals surface area contributed by atoms with Crippen molar-refractivity contribution in [1.82, 2.24) is 0 Å². The molecule has 0 aliphatic rings. The van der Waals surface area contributed by atoms with Crippen LogP contribution in [0.2, 0.25) is 8.67 Å². The van der Waals surface area contributed by atoms with E-state index in [1.165, 1.54) is 6.07 Å². The molecule has 2 rings (SSSR count). The van der Waals surface area contributed by atoms with Gasteiger partial charge in [0.25, 0.3) is 0 Å². The minimum Gasteiger partial charge on any atom is -0.507 e. The largest absolute Gasteiger partial charge is 0.507 e. The number of sulfone groups is 1. The Hall–Kier alpha value is -0.800.